The van der Waals surface area contributed by atoms with E-state index in [1.165, 1.54) is 6.08 Å². The quantitative estimate of drug-likeness (QED) is 0.588. The second-order valence-corrected chi connectivity index (χ2v) is 5.53. The second-order valence-electron chi connectivity index (χ2n) is 4.52. The highest BCUT2D eigenvalue weighted by molar-refractivity contribution is 8.08. The van der Waals surface area contributed by atoms with Gasteiger partial charge >= 0.3 is 5.97 Å². The normalized spacial score (nSPS) is 16.0. The summed E-state index contributed by atoms with van der Waals surface area (Å²) in [6.07, 6.45) is 1.21. The zero-order chi connectivity index (χ0) is 16.8. The number of allylic oxidation sites excluding steroid dienone is 2. The number of ether oxygens (including phenoxy) is 3. The van der Waals surface area contributed by atoms with Gasteiger partial charge in [0.1, 0.15) is 5.75 Å². The largest absolute Gasteiger partial charge is 0.497 e. The molecule has 0 atom stereocenters. The molecule has 6 heteroatoms. The Bertz CT molecular complexity index is 658. The topological polar surface area (TPSA) is 61.8 Å². The van der Waals surface area contributed by atoms with Gasteiger partial charge in [-0.25, -0.2) is 4.79 Å². The molecule has 23 heavy (non-hydrogen) atoms. The van der Waals surface area contributed by atoms with Gasteiger partial charge in [-0.05, 0) is 43.3 Å². The number of esters is 1. The molecule has 0 saturated heterocycles. The van der Waals surface area contributed by atoms with Crippen LogP contribution in [0, 0.1) is 0 Å². The van der Waals surface area contributed by atoms with E-state index in [2.05, 4.69) is 0 Å². The summed E-state index contributed by atoms with van der Waals surface area (Å²) >= 11 is 1.15. The number of methoxy groups -OCH3 is 1. The van der Waals surface area contributed by atoms with Crippen LogP contribution in [0.15, 0.2) is 40.3 Å². The Hall–Kier alpha value is -2.21. The Morgan fingerprint density at radius 1 is 1.17 bits per heavy atom. The van der Waals surface area contributed by atoms with Gasteiger partial charge in [-0.15, -0.1) is 0 Å². The molecule has 5 nitrogen and oxygen atoms in total. The number of ketones is 1. The van der Waals surface area contributed by atoms with Crippen LogP contribution in [0.2, 0.25) is 0 Å². The molecule has 1 aliphatic rings. The monoisotopic (exact) mass is 334 g/mol. The zero-order valence-electron chi connectivity index (χ0n) is 13.3. The summed E-state index contributed by atoms with van der Waals surface area (Å²) in [7, 11) is 1.58. The molecule has 0 fully saturated rings. The molecule has 1 heterocycles. The molecule has 1 aromatic carbocycles. The lowest BCUT2D eigenvalue weighted by atomic mass is 10.0. The summed E-state index contributed by atoms with van der Waals surface area (Å²) in [5, 5.41) is 0.498. The summed E-state index contributed by atoms with van der Waals surface area (Å²) in [5.41, 5.74) is 1.18. The van der Waals surface area contributed by atoms with Crippen LogP contribution < -0.4 is 4.74 Å². The maximum absolute atomic E-state index is 12.6. The maximum Gasteiger partial charge on any atom is 0.332 e. The number of rotatable bonds is 6. The van der Waals surface area contributed by atoms with E-state index in [0.29, 0.717) is 27.9 Å². The lowest BCUT2D eigenvalue weighted by Gasteiger charge is -2.06. The standard InChI is InChI=1S/C17H18O5S/c1-4-21-14(18)10-13-16(19)15(17(23-13)22-5-2)11-6-8-12(20-3)9-7-11/h6-10H,4-5H2,1-3H3/b13-10-. The minimum Gasteiger partial charge on any atom is -0.497 e. The number of hydrogen-bond acceptors (Lipinski definition) is 6. The Kier molecular flexibility index (Phi) is 5.87. The molecule has 1 aromatic rings. The highest BCUT2D eigenvalue weighted by Crippen LogP contribution is 2.43. The molecule has 0 spiro atoms. The van der Waals surface area contributed by atoms with Crippen molar-refractivity contribution in [3.8, 4) is 5.75 Å². The molecule has 0 radical (unpaired) electrons. The van der Waals surface area contributed by atoms with Gasteiger partial charge in [0.2, 0.25) is 5.78 Å². The van der Waals surface area contributed by atoms with Gasteiger partial charge in [0.15, 0.2) is 5.09 Å². The van der Waals surface area contributed by atoms with Crippen molar-refractivity contribution in [3.63, 3.8) is 0 Å². The Morgan fingerprint density at radius 2 is 1.87 bits per heavy atom. The van der Waals surface area contributed by atoms with E-state index in [-0.39, 0.29) is 12.4 Å². The fraction of sp³-hybridized carbons (Fsp3) is 0.294. The van der Waals surface area contributed by atoms with E-state index in [4.69, 9.17) is 14.2 Å². The highest BCUT2D eigenvalue weighted by Gasteiger charge is 2.32. The average Bonchev–Trinajstić information content (AvgIpc) is 2.84. The van der Waals surface area contributed by atoms with Gasteiger partial charge < -0.3 is 14.2 Å². The van der Waals surface area contributed by atoms with E-state index < -0.39 is 5.97 Å². The van der Waals surface area contributed by atoms with E-state index in [1.54, 1.807) is 38.3 Å². The minimum atomic E-state index is -0.532. The van der Waals surface area contributed by atoms with E-state index in [9.17, 15) is 9.59 Å². The summed E-state index contributed by atoms with van der Waals surface area (Å²) < 4.78 is 15.6. The van der Waals surface area contributed by atoms with Gasteiger partial charge in [-0.2, -0.15) is 0 Å². The SMILES string of the molecule is CCOC(=O)/C=C1\SC(OCC)=C(c2ccc(OC)cc2)C1=O. The number of Topliss-reactive ketones (excluding diaryl/α,β-unsaturated/α-hetero) is 1. The lowest BCUT2D eigenvalue weighted by molar-refractivity contribution is -0.137. The molecule has 0 N–H and O–H groups in total. The third kappa shape index (κ3) is 3.96. The van der Waals surface area contributed by atoms with Crippen molar-refractivity contribution in [1.29, 1.82) is 0 Å². The lowest BCUT2D eigenvalue weighted by Crippen LogP contribution is -2.04. The zero-order valence-corrected chi connectivity index (χ0v) is 14.1. The van der Waals surface area contributed by atoms with Crippen LogP contribution in [0.3, 0.4) is 0 Å². The Balaban J connectivity index is 2.34. The molecule has 1 aliphatic heterocycles. The van der Waals surface area contributed by atoms with Crippen molar-refractivity contribution < 1.29 is 23.8 Å². The van der Waals surface area contributed by atoms with Crippen molar-refractivity contribution in [2.45, 2.75) is 13.8 Å². The predicted molar refractivity (Wildman–Crippen MR) is 88.9 cm³/mol. The Morgan fingerprint density at radius 3 is 2.43 bits per heavy atom. The Labute approximate surface area is 139 Å². The molecule has 0 unspecified atom stereocenters. The van der Waals surface area contributed by atoms with Gasteiger partial charge in [0.05, 0.1) is 30.8 Å². The molecule has 122 valence electrons. The minimum absolute atomic E-state index is 0.239. The molecule has 0 saturated carbocycles. The number of carbonyl (C=O) groups is 2. The second kappa shape index (κ2) is 7.87. The first-order valence-corrected chi connectivity index (χ1v) is 8.04. The third-order valence-corrected chi connectivity index (χ3v) is 4.08. The number of hydrogen-bond donors (Lipinski definition) is 0. The van der Waals surface area contributed by atoms with Crippen molar-refractivity contribution in [2.24, 2.45) is 0 Å². The summed E-state index contributed by atoms with van der Waals surface area (Å²) in [5.74, 6) is -0.0699. The van der Waals surface area contributed by atoms with Crippen LogP contribution in [-0.4, -0.2) is 32.1 Å². The third-order valence-electron chi connectivity index (χ3n) is 3.05. The fourth-order valence-electron chi connectivity index (χ4n) is 2.04. The van der Waals surface area contributed by atoms with E-state index in [0.717, 1.165) is 17.3 Å². The highest BCUT2D eigenvalue weighted by atomic mass is 32.2. The van der Waals surface area contributed by atoms with Crippen molar-refractivity contribution in [3.05, 3.63) is 45.9 Å². The first kappa shape index (κ1) is 17.1. The maximum atomic E-state index is 12.6. The molecule has 0 bridgehead atoms. The first-order valence-electron chi connectivity index (χ1n) is 7.23. The van der Waals surface area contributed by atoms with Gasteiger partial charge in [0, 0.05) is 6.08 Å². The number of benzene rings is 1. The van der Waals surface area contributed by atoms with Crippen molar-refractivity contribution in [2.75, 3.05) is 20.3 Å². The van der Waals surface area contributed by atoms with E-state index >= 15 is 0 Å². The summed E-state index contributed by atoms with van der Waals surface area (Å²) in [4.78, 5) is 24.5. The van der Waals surface area contributed by atoms with Crippen molar-refractivity contribution in [1.82, 2.24) is 0 Å². The molecular formula is C17H18O5S. The van der Waals surface area contributed by atoms with Gasteiger partial charge in [0.25, 0.3) is 0 Å². The van der Waals surface area contributed by atoms with Crippen molar-refractivity contribution >= 4 is 29.1 Å². The molecule has 0 aromatic heterocycles. The smallest absolute Gasteiger partial charge is 0.332 e. The van der Waals surface area contributed by atoms with Crippen LogP contribution in [-0.2, 0) is 19.1 Å². The predicted octanol–water partition coefficient (Wildman–Crippen LogP) is 3.16. The van der Waals surface area contributed by atoms with Gasteiger partial charge in [-0.1, -0.05) is 12.1 Å². The molecule has 0 amide bonds. The van der Waals surface area contributed by atoms with Crippen LogP contribution in [0.1, 0.15) is 19.4 Å². The number of carbonyl (C=O) groups excluding carboxylic acids is 2. The van der Waals surface area contributed by atoms with Crippen LogP contribution in [0.4, 0.5) is 0 Å². The van der Waals surface area contributed by atoms with Crippen LogP contribution in [0.5, 0.6) is 5.75 Å². The average molecular weight is 334 g/mol. The van der Waals surface area contributed by atoms with Crippen LogP contribution in [0.25, 0.3) is 5.57 Å². The fourth-order valence-corrected chi connectivity index (χ4v) is 3.08. The molecular weight excluding hydrogens is 316 g/mol. The summed E-state index contributed by atoms with van der Waals surface area (Å²) in [6, 6.07) is 7.13. The van der Waals surface area contributed by atoms with Gasteiger partial charge in [-0.3, -0.25) is 4.79 Å². The first-order chi connectivity index (χ1) is 11.1. The van der Waals surface area contributed by atoms with Crippen LogP contribution >= 0.6 is 11.8 Å². The molecule has 2 rings (SSSR count). The number of thioether (sulfide) groups is 1. The molecule has 0 aliphatic carbocycles. The van der Waals surface area contributed by atoms with E-state index in [1.807, 2.05) is 6.92 Å². The summed E-state index contributed by atoms with van der Waals surface area (Å²) in [6.45, 7) is 4.25.